The monoisotopic (exact) mass is 507 g/mol. The summed E-state index contributed by atoms with van der Waals surface area (Å²) in [6.07, 6.45) is 0. The van der Waals surface area contributed by atoms with E-state index < -0.39 is 0 Å². The second-order valence-electron chi connectivity index (χ2n) is 8.44. The van der Waals surface area contributed by atoms with Gasteiger partial charge in [0.2, 0.25) is 5.91 Å². The van der Waals surface area contributed by atoms with Crippen LogP contribution in [0.2, 0.25) is 5.02 Å². The zero-order chi connectivity index (χ0) is 24.9. The highest BCUT2D eigenvalue weighted by Gasteiger charge is 2.26. The number of hydrogen-bond acceptors (Lipinski definition) is 5. The predicted molar refractivity (Wildman–Crippen MR) is 141 cm³/mol. The van der Waals surface area contributed by atoms with Gasteiger partial charge in [-0.1, -0.05) is 85.7 Å². The van der Waals surface area contributed by atoms with Gasteiger partial charge in [0.1, 0.15) is 0 Å². The average Bonchev–Trinajstić information content (AvgIpc) is 3.21. The molecule has 2 amide bonds. The van der Waals surface area contributed by atoms with Crippen LogP contribution in [0.4, 0.5) is 5.69 Å². The molecule has 0 spiro atoms. The number of halogens is 1. The lowest BCUT2D eigenvalue weighted by Gasteiger charge is -2.22. The zero-order valence-electron chi connectivity index (χ0n) is 19.7. The van der Waals surface area contributed by atoms with Crippen LogP contribution in [0, 0.1) is 5.92 Å². The van der Waals surface area contributed by atoms with Crippen LogP contribution in [0.3, 0.4) is 0 Å². The Kier molecular flexibility index (Phi) is 7.73. The van der Waals surface area contributed by atoms with Crippen LogP contribution in [0.1, 0.15) is 36.1 Å². The van der Waals surface area contributed by atoms with Crippen LogP contribution in [-0.2, 0) is 11.8 Å². The summed E-state index contributed by atoms with van der Waals surface area (Å²) >= 11 is 7.48. The molecule has 0 fully saturated rings. The first kappa shape index (κ1) is 24.8. The van der Waals surface area contributed by atoms with E-state index in [0.717, 1.165) is 16.5 Å². The predicted octanol–water partition coefficient (Wildman–Crippen LogP) is 5.48. The molecule has 0 aliphatic rings. The molecule has 4 aromatic rings. The Morgan fingerprint density at radius 3 is 2.49 bits per heavy atom. The normalized spacial score (nSPS) is 12.0. The molecule has 0 unspecified atom stereocenters. The van der Waals surface area contributed by atoms with Gasteiger partial charge in [0.15, 0.2) is 11.0 Å². The highest BCUT2D eigenvalue weighted by Crippen LogP contribution is 2.26. The fraction of sp³-hybridized carbons (Fsp3) is 0.231. The van der Waals surface area contributed by atoms with Crippen molar-refractivity contribution in [1.82, 2.24) is 20.1 Å². The lowest BCUT2D eigenvalue weighted by atomic mass is 10.0. The van der Waals surface area contributed by atoms with E-state index >= 15 is 0 Å². The van der Waals surface area contributed by atoms with E-state index in [9.17, 15) is 9.59 Å². The second kappa shape index (κ2) is 10.9. The van der Waals surface area contributed by atoms with Gasteiger partial charge in [0.25, 0.3) is 5.91 Å². The Labute approximate surface area is 213 Å². The van der Waals surface area contributed by atoms with Gasteiger partial charge in [-0.15, -0.1) is 10.2 Å². The Hall–Kier alpha value is -3.36. The number of nitrogens with one attached hydrogen (secondary N) is 2. The number of anilines is 1. The standard InChI is InChI=1S/C26H26ClN5O2S/c1-16(2)23(29-25(34)19-12-6-7-13-20(19)27)24-30-31-26(32(24)3)35-15-22(33)28-21-14-8-10-17-9-4-5-11-18(17)21/h4-14,16,23H,15H2,1-3H3,(H,28,33)(H,29,34)/t23-/m1/s1. The fourth-order valence-electron chi connectivity index (χ4n) is 3.77. The van der Waals surface area contributed by atoms with Crippen molar-refractivity contribution in [3.63, 3.8) is 0 Å². The summed E-state index contributed by atoms with van der Waals surface area (Å²) in [4.78, 5) is 25.5. The van der Waals surface area contributed by atoms with Crippen molar-refractivity contribution >= 4 is 51.6 Å². The highest BCUT2D eigenvalue weighted by atomic mass is 35.5. The van der Waals surface area contributed by atoms with Crippen molar-refractivity contribution in [2.45, 2.75) is 25.0 Å². The number of nitrogens with zero attached hydrogens (tertiary/aromatic N) is 3. The Morgan fingerprint density at radius 2 is 1.71 bits per heavy atom. The number of thioether (sulfide) groups is 1. The SMILES string of the molecule is CC(C)[C@@H](NC(=O)c1ccccc1Cl)c1nnc(SCC(=O)Nc2cccc3ccccc23)n1C. The summed E-state index contributed by atoms with van der Waals surface area (Å²) in [5, 5.41) is 17.6. The maximum Gasteiger partial charge on any atom is 0.253 e. The second-order valence-corrected chi connectivity index (χ2v) is 9.79. The Balaban J connectivity index is 1.44. The largest absolute Gasteiger partial charge is 0.342 e. The first-order valence-electron chi connectivity index (χ1n) is 11.2. The smallest absolute Gasteiger partial charge is 0.253 e. The first-order valence-corrected chi connectivity index (χ1v) is 12.6. The lowest BCUT2D eigenvalue weighted by molar-refractivity contribution is -0.113. The van der Waals surface area contributed by atoms with Crippen molar-refractivity contribution in [1.29, 1.82) is 0 Å². The molecule has 2 N–H and O–H groups in total. The van der Waals surface area contributed by atoms with Gasteiger partial charge in [-0.05, 0) is 29.5 Å². The van der Waals surface area contributed by atoms with Crippen LogP contribution < -0.4 is 10.6 Å². The van der Waals surface area contributed by atoms with Crippen molar-refractivity contribution in [3.05, 3.63) is 83.1 Å². The fourth-order valence-corrected chi connectivity index (χ4v) is 4.71. The molecule has 0 aliphatic heterocycles. The molecule has 1 atom stereocenters. The van der Waals surface area contributed by atoms with Gasteiger partial charge in [-0.2, -0.15) is 0 Å². The summed E-state index contributed by atoms with van der Waals surface area (Å²) in [7, 11) is 1.83. The molecular formula is C26H26ClN5O2S. The molecule has 0 radical (unpaired) electrons. The van der Waals surface area contributed by atoms with Crippen LogP contribution >= 0.6 is 23.4 Å². The third kappa shape index (κ3) is 5.66. The molecule has 0 saturated heterocycles. The van der Waals surface area contributed by atoms with Gasteiger partial charge < -0.3 is 15.2 Å². The quantitative estimate of drug-likeness (QED) is 0.308. The molecule has 9 heteroatoms. The van der Waals surface area contributed by atoms with E-state index in [0.29, 0.717) is 21.6 Å². The summed E-state index contributed by atoms with van der Waals surface area (Å²) in [6, 6.07) is 20.3. The molecular weight excluding hydrogens is 482 g/mol. The molecule has 0 aliphatic carbocycles. The van der Waals surface area contributed by atoms with Gasteiger partial charge in [0.05, 0.1) is 22.4 Å². The zero-order valence-corrected chi connectivity index (χ0v) is 21.2. The third-order valence-electron chi connectivity index (χ3n) is 5.61. The third-order valence-corrected chi connectivity index (χ3v) is 6.96. The molecule has 7 nitrogen and oxygen atoms in total. The van der Waals surface area contributed by atoms with E-state index in [4.69, 9.17) is 11.6 Å². The number of carbonyl (C=O) groups is 2. The minimum atomic E-state index is -0.380. The summed E-state index contributed by atoms with van der Waals surface area (Å²) in [6.45, 7) is 3.99. The maximum atomic E-state index is 12.8. The van der Waals surface area contributed by atoms with E-state index in [1.807, 2.05) is 67.9 Å². The molecule has 1 aromatic heterocycles. The number of amides is 2. The lowest BCUT2D eigenvalue weighted by Crippen LogP contribution is -2.33. The minimum absolute atomic E-state index is 0.0526. The molecule has 0 saturated carbocycles. The summed E-state index contributed by atoms with van der Waals surface area (Å²) in [5.74, 6) is 0.423. The van der Waals surface area contributed by atoms with Gasteiger partial charge in [-0.3, -0.25) is 9.59 Å². The van der Waals surface area contributed by atoms with Gasteiger partial charge in [0, 0.05) is 18.1 Å². The molecule has 35 heavy (non-hydrogen) atoms. The van der Waals surface area contributed by atoms with Crippen molar-refractivity contribution in [2.24, 2.45) is 13.0 Å². The average molecular weight is 508 g/mol. The maximum absolute atomic E-state index is 12.8. The summed E-state index contributed by atoms with van der Waals surface area (Å²) in [5.41, 5.74) is 1.18. The number of benzene rings is 3. The van der Waals surface area contributed by atoms with Crippen LogP contribution in [0.25, 0.3) is 10.8 Å². The van der Waals surface area contributed by atoms with Crippen molar-refractivity contribution in [3.8, 4) is 0 Å². The highest BCUT2D eigenvalue weighted by molar-refractivity contribution is 7.99. The molecule has 4 rings (SSSR count). The Bertz CT molecular complexity index is 1370. The number of hydrogen-bond donors (Lipinski definition) is 2. The van der Waals surface area contributed by atoms with Crippen molar-refractivity contribution < 1.29 is 9.59 Å². The van der Waals surface area contributed by atoms with Crippen molar-refractivity contribution in [2.75, 3.05) is 11.1 Å². The molecule has 180 valence electrons. The number of rotatable bonds is 8. The number of aromatic nitrogens is 3. The van der Waals surface area contributed by atoms with Crippen LogP contribution in [-0.4, -0.2) is 32.3 Å². The number of fused-ring (bicyclic) bond motifs is 1. The molecule has 3 aromatic carbocycles. The van der Waals surface area contributed by atoms with Gasteiger partial charge in [-0.25, -0.2) is 0 Å². The van der Waals surface area contributed by atoms with Crippen LogP contribution in [0.5, 0.6) is 0 Å². The Morgan fingerprint density at radius 1 is 1.00 bits per heavy atom. The topological polar surface area (TPSA) is 88.9 Å². The van der Waals surface area contributed by atoms with Gasteiger partial charge >= 0.3 is 0 Å². The van der Waals surface area contributed by atoms with E-state index in [1.165, 1.54) is 11.8 Å². The molecule has 0 bridgehead atoms. The molecule has 1 heterocycles. The first-order chi connectivity index (χ1) is 16.8. The van der Waals surface area contributed by atoms with Crippen LogP contribution in [0.15, 0.2) is 71.9 Å². The van der Waals surface area contributed by atoms with E-state index in [2.05, 4.69) is 20.8 Å². The summed E-state index contributed by atoms with van der Waals surface area (Å²) < 4.78 is 1.81. The number of carbonyl (C=O) groups excluding carboxylic acids is 2. The van der Waals surface area contributed by atoms with E-state index in [1.54, 1.807) is 24.3 Å². The minimum Gasteiger partial charge on any atom is -0.342 e. The van der Waals surface area contributed by atoms with E-state index in [-0.39, 0.29) is 29.5 Å².